The first kappa shape index (κ1) is 17.1. The van der Waals surface area contributed by atoms with Gasteiger partial charge in [-0.3, -0.25) is 10.1 Å². The fraction of sp³-hybridized carbons (Fsp3) is 0.294. The van der Waals surface area contributed by atoms with Gasteiger partial charge in [0.25, 0.3) is 5.69 Å². The number of nitrogens with two attached hydrogens (primary N) is 1. The smallest absolute Gasteiger partial charge is 0.287 e. The fourth-order valence-electron chi connectivity index (χ4n) is 1.97. The molecule has 0 unspecified atom stereocenters. The van der Waals surface area contributed by atoms with Crippen molar-refractivity contribution in [3.63, 3.8) is 0 Å². The van der Waals surface area contributed by atoms with Gasteiger partial charge in [0.1, 0.15) is 5.75 Å². The van der Waals surface area contributed by atoms with Crippen molar-refractivity contribution < 1.29 is 9.66 Å². The van der Waals surface area contributed by atoms with Gasteiger partial charge >= 0.3 is 0 Å². The lowest BCUT2D eigenvalue weighted by Gasteiger charge is -2.11. The van der Waals surface area contributed by atoms with E-state index in [2.05, 4.69) is 6.92 Å². The lowest BCUT2D eigenvalue weighted by atomic mass is 10.2. The van der Waals surface area contributed by atoms with Crippen molar-refractivity contribution in [2.24, 2.45) is 0 Å². The molecule has 2 N–H and O–H groups in total. The highest BCUT2D eigenvalue weighted by Gasteiger charge is 2.19. The van der Waals surface area contributed by atoms with E-state index in [0.29, 0.717) is 22.9 Å². The van der Waals surface area contributed by atoms with Crippen LogP contribution in [0.25, 0.3) is 0 Å². The van der Waals surface area contributed by atoms with E-state index >= 15 is 0 Å². The van der Waals surface area contributed by atoms with E-state index < -0.39 is 4.92 Å². The summed E-state index contributed by atoms with van der Waals surface area (Å²) in [6, 6.07) is 10.8. The molecule has 0 atom stereocenters. The van der Waals surface area contributed by atoms with Crippen LogP contribution in [0.1, 0.15) is 25.3 Å². The number of anilines is 1. The number of ether oxygens (including phenoxy) is 1. The molecule has 0 aliphatic carbocycles. The minimum absolute atomic E-state index is 0.0104. The van der Waals surface area contributed by atoms with Gasteiger partial charge in [-0.15, -0.1) is 0 Å². The van der Waals surface area contributed by atoms with Gasteiger partial charge < -0.3 is 10.5 Å². The Kier molecular flexibility index (Phi) is 5.87. The first-order chi connectivity index (χ1) is 11.0. The van der Waals surface area contributed by atoms with Crippen molar-refractivity contribution in [3.05, 3.63) is 52.1 Å². The van der Waals surface area contributed by atoms with Crippen molar-refractivity contribution in [1.82, 2.24) is 0 Å². The summed E-state index contributed by atoms with van der Waals surface area (Å²) in [5.74, 6) is 0.374. The molecule has 0 bridgehead atoms. The van der Waals surface area contributed by atoms with E-state index in [1.165, 1.54) is 17.8 Å². The van der Waals surface area contributed by atoms with Crippen LogP contribution in [0, 0.1) is 17.0 Å². The number of nitrogen functional groups attached to an aromatic ring is 1. The van der Waals surface area contributed by atoms with E-state index in [1.807, 2.05) is 31.2 Å². The molecule has 23 heavy (non-hydrogen) atoms. The molecule has 5 nitrogen and oxygen atoms in total. The Bertz CT molecular complexity index is 687. The van der Waals surface area contributed by atoms with Crippen molar-refractivity contribution in [1.29, 1.82) is 0 Å². The molecular formula is C17H20N2O3S. The molecule has 2 aromatic carbocycles. The third-order valence-corrected chi connectivity index (χ3v) is 4.35. The Balaban J connectivity index is 2.29. The van der Waals surface area contributed by atoms with Crippen LogP contribution in [0.4, 0.5) is 11.4 Å². The molecule has 0 radical (unpaired) electrons. The monoisotopic (exact) mass is 332 g/mol. The number of nitro groups is 1. The number of rotatable bonds is 7. The molecule has 0 heterocycles. The average molecular weight is 332 g/mol. The van der Waals surface area contributed by atoms with E-state index in [1.54, 1.807) is 6.07 Å². The van der Waals surface area contributed by atoms with Crippen LogP contribution < -0.4 is 10.5 Å². The Morgan fingerprint density at radius 2 is 1.96 bits per heavy atom. The minimum Gasteiger partial charge on any atom is -0.491 e. The maximum atomic E-state index is 11.4. The normalized spacial score (nSPS) is 10.5. The zero-order valence-electron chi connectivity index (χ0n) is 13.2. The maximum absolute atomic E-state index is 11.4. The number of nitro benzene ring substituents is 1. The predicted molar refractivity (Wildman–Crippen MR) is 93.2 cm³/mol. The summed E-state index contributed by atoms with van der Waals surface area (Å²) >= 11 is 1.33. The van der Waals surface area contributed by atoms with Crippen LogP contribution in [-0.4, -0.2) is 11.5 Å². The zero-order valence-corrected chi connectivity index (χ0v) is 14.1. The maximum Gasteiger partial charge on any atom is 0.287 e. The van der Waals surface area contributed by atoms with Gasteiger partial charge in [0.15, 0.2) is 0 Å². The van der Waals surface area contributed by atoms with Crippen LogP contribution >= 0.6 is 11.8 Å². The summed E-state index contributed by atoms with van der Waals surface area (Å²) in [4.78, 5) is 12.4. The van der Waals surface area contributed by atoms with Gasteiger partial charge in [-0.05, 0) is 31.5 Å². The number of benzene rings is 2. The first-order valence-corrected chi connectivity index (χ1v) is 8.28. The average Bonchev–Trinajstić information content (AvgIpc) is 2.51. The van der Waals surface area contributed by atoms with Gasteiger partial charge in [0.05, 0.1) is 28.2 Å². The van der Waals surface area contributed by atoms with Crippen molar-refractivity contribution in [2.45, 2.75) is 36.5 Å². The fourth-order valence-corrected chi connectivity index (χ4v) is 2.92. The zero-order chi connectivity index (χ0) is 16.8. The molecule has 0 aliphatic rings. The Hall–Kier alpha value is -2.21. The molecule has 0 saturated heterocycles. The van der Waals surface area contributed by atoms with Crippen molar-refractivity contribution in [2.75, 3.05) is 12.3 Å². The van der Waals surface area contributed by atoms with Crippen LogP contribution in [0.3, 0.4) is 0 Å². The van der Waals surface area contributed by atoms with Gasteiger partial charge in [0.2, 0.25) is 0 Å². The van der Waals surface area contributed by atoms with Gasteiger partial charge in [0, 0.05) is 4.90 Å². The third kappa shape index (κ3) is 4.63. The molecule has 0 aliphatic heterocycles. The SMILES string of the molecule is CCCCOc1cc([N+](=O)[O-])c(Sc2ccc(C)cc2)cc1N. The highest BCUT2D eigenvalue weighted by Crippen LogP contribution is 2.40. The molecule has 0 amide bonds. The summed E-state index contributed by atoms with van der Waals surface area (Å²) in [5, 5.41) is 11.4. The second-order valence-electron chi connectivity index (χ2n) is 5.23. The van der Waals surface area contributed by atoms with E-state index in [0.717, 1.165) is 23.3 Å². The Morgan fingerprint density at radius 1 is 1.26 bits per heavy atom. The molecule has 0 spiro atoms. The summed E-state index contributed by atoms with van der Waals surface area (Å²) in [6.07, 6.45) is 1.87. The molecule has 2 rings (SSSR count). The van der Waals surface area contributed by atoms with Crippen LogP contribution in [0.15, 0.2) is 46.2 Å². The van der Waals surface area contributed by atoms with Crippen molar-refractivity contribution >= 4 is 23.1 Å². The second kappa shape index (κ2) is 7.87. The van der Waals surface area contributed by atoms with Gasteiger partial charge in [-0.1, -0.05) is 42.8 Å². The molecule has 6 heteroatoms. The topological polar surface area (TPSA) is 78.4 Å². The summed E-state index contributed by atoms with van der Waals surface area (Å²) in [5.41, 5.74) is 7.56. The van der Waals surface area contributed by atoms with Crippen LogP contribution in [0.5, 0.6) is 5.75 Å². The lowest BCUT2D eigenvalue weighted by molar-refractivity contribution is -0.387. The third-order valence-electron chi connectivity index (χ3n) is 3.29. The second-order valence-corrected chi connectivity index (χ2v) is 6.35. The number of aryl methyl sites for hydroxylation is 1. The summed E-state index contributed by atoms with van der Waals surface area (Å²) in [6.45, 7) is 4.55. The number of hydrogen-bond donors (Lipinski definition) is 1. The largest absolute Gasteiger partial charge is 0.491 e. The van der Waals surface area contributed by atoms with Crippen LogP contribution in [-0.2, 0) is 0 Å². The number of unbranched alkanes of at least 4 members (excludes halogenated alkanes) is 1. The quantitative estimate of drug-likeness (QED) is 0.340. The predicted octanol–water partition coefficient (Wildman–Crippen LogP) is 4.82. The standard InChI is InChI=1S/C17H20N2O3S/c1-3-4-9-22-16-11-15(19(20)21)17(10-14(16)18)23-13-7-5-12(2)6-8-13/h5-8,10-11H,3-4,9,18H2,1-2H3. The molecule has 0 saturated carbocycles. The highest BCUT2D eigenvalue weighted by molar-refractivity contribution is 7.99. The Morgan fingerprint density at radius 3 is 2.57 bits per heavy atom. The molecule has 2 aromatic rings. The molecule has 0 fully saturated rings. The lowest BCUT2D eigenvalue weighted by Crippen LogP contribution is -2.02. The number of nitrogens with zero attached hydrogens (tertiary/aromatic N) is 1. The summed E-state index contributed by atoms with van der Waals surface area (Å²) < 4.78 is 5.55. The van der Waals surface area contributed by atoms with Gasteiger partial charge in [-0.25, -0.2) is 0 Å². The molecular weight excluding hydrogens is 312 g/mol. The summed E-state index contributed by atoms with van der Waals surface area (Å²) in [7, 11) is 0. The van der Waals surface area contributed by atoms with E-state index in [4.69, 9.17) is 10.5 Å². The molecule has 122 valence electrons. The van der Waals surface area contributed by atoms with E-state index in [9.17, 15) is 10.1 Å². The van der Waals surface area contributed by atoms with Gasteiger partial charge in [-0.2, -0.15) is 0 Å². The number of hydrogen-bond acceptors (Lipinski definition) is 5. The van der Waals surface area contributed by atoms with E-state index in [-0.39, 0.29) is 5.69 Å². The minimum atomic E-state index is -0.400. The molecule has 0 aromatic heterocycles. The highest BCUT2D eigenvalue weighted by atomic mass is 32.2. The Labute approximate surface area is 140 Å². The first-order valence-electron chi connectivity index (χ1n) is 7.46. The van der Waals surface area contributed by atoms with Crippen molar-refractivity contribution in [3.8, 4) is 5.75 Å². The van der Waals surface area contributed by atoms with Crippen LogP contribution in [0.2, 0.25) is 0 Å².